The number of rotatable bonds is 4. The highest BCUT2D eigenvalue weighted by atomic mass is 16.4. The van der Waals surface area contributed by atoms with Gasteiger partial charge in [-0.2, -0.15) is 0 Å². The second kappa shape index (κ2) is 17.9. The quantitative estimate of drug-likeness (QED) is 0.823. The Balaban J connectivity index is -0.000000426. The summed E-state index contributed by atoms with van der Waals surface area (Å²) in [5.74, 6) is -1.31. The molecule has 23 heavy (non-hydrogen) atoms. The molecule has 2 N–H and O–H groups in total. The Morgan fingerprint density at radius 2 is 1.52 bits per heavy atom. The van der Waals surface area contributed by atoms with Crippen molar-refractivity contribution in [2.75, 3.05) is 7.05 Å². The first-order valence-corrected chi connectivity index (χ1v) is 7.96. The summed E-state index contributed by atoms with van der Waals surface area (Å²) in [5, 5.41) is 11.2. The van der Waals surface area contributed by atoms with E-state index in [9.17, 15) is 14.4 Å². The number of aldehydes is 1. The molecule has 0 aliphatic rings. The van der Waals surface area contributed by atoms with Gasteiger partial charge < -0.3 is 15.2 Å². The second-order valence-electron chi connectivity index (χ2n) is 3.84. The number of carbonyl (C=O) groups is 3. The fourth-order valence-electron chi connectivity index (χ4n) is 1.28. The number of carboxylic acids is 1. The van der Waals surface area contributed by atoms with Gasteiger partial charge in [-0.25, -0.2) is 4.79 Å². The molecule has 0 bridgehead atoms. The van der Waals surface area contributed by atoms with Gasteiger partial charge in [0.15, 0.2) is 0 Å². The summed E-state index contributed by atoms with van der Waals surface area (Å²) >= 11 is 0. The van der Waals surface area contributed by atoms with Crippen LogP contribution in [0.1, 0.15) is 69.8 Å². The predicted octanol–water partition coefficient (Wildman–Crippen LogP) is 3.88. The maximum Gasteiger partial charge on any atom is 0.335 e. The highest BCUT2D eigenvalue weighted by molar-refractivity contribution is 5.88. The van der Waals surface area contributed by atoms with Crippen molar-refractivity contribution in [3.63, 3.8) is 0 Å². The molecule has 1 amide bonds. The summed E-state index contributed by atoms with van der Waals surface area (Å²) in [6.45, 7) is 11.6. The van der Waals surface area contributed by atoms with Gasteiger partial charge in [0, 0.05) is 13.5 Å². The normalized spacial score (nSPS) is 9.35. The number of benzene rings is 1. The molecule has 132 valence electrons. The lowest BCUT2D eigenvalue weighted by molar-refractivity contribution is -0.121. The number of nitrogens with one attached hydrogen (secondary N) is 1. The monoisotopic (exact) mass is 325 g/mol. The molecule has 0 aliphatic heterocycles. The van der Waals surface area contributed by atoms with Crippen molar-refractivity contribution in [1.82, 2.24) is 5.32 Å². The van der Waals surface area contributed by atoms with Crippen LogP contribution in [-0.4, -0.2) is 30.3 Å². The minimum Gasteiger partial charge on any atom is -0.478 e. The molecule has 0 radical (unpaired) electrons. The minimum atomic E-state index is -0.964. The molecule has 0 saturated heterocycles. The molecule has 0 aromatic heterocycles. The molecule has 5 nitrogen and oxygen atoms in total. The van der Waals surface area contributed by atoms with Crippen LogP contribution in [0, 0.1) is 0 Å². The maximum absolute atomic E-state index is 11.3. The molecule has 1 atom stereocenters. The van der Waals surface area contributed by atoms with Crippen molar-refractivity contribution in [3.05, 3.63) is 35.4 Å². The van der Waals surface area contributed by atoms with Crippen molar-refractivity contribution in [1.29, 1.82) is 0 Å². The zero-order chi connectivity index (χ0) is 18.8. The summed E-state index contributed by atoms with van der Waals surface area (Å²) in [5.41, 5.74) is 1.03. The topological polar surface area (TPSA) is 83.5 Å². The minimum absolute atomic E-state index is 0.0851. The van der Waals surface area contributed by atoms with E-state index in [2.05, 4.69) is 5.32 Å². The number of aromatic carboxylic acids is 1. The number of carboxylic acid groups (broad SMARTS) is 1. The van der Waals surface area contributed by atoms with E-state index in [1.165, 1.54) is 12.1 Å². The Morgan fingerprint density at radius 1 is 1.13 bits per heavy atom. The standard InChI is InChI=1S/C11H13NO3.C3H6O.2C2H6/c1-7(10(13)12-2)8-3-5-9(6-4-8)11(14)15;1-2-3-4;2*1-2/h3-7H,1-2H3,(H,12,13)(H,14,15);3H,2H2,1H3;2*1-2H3. The SMILES string of the molecule is CC.CC.CCC=O.CNC(=O)C(C)c1ccc(C(=O)O)cc1. The molecule has 5 heteroatoms. The molecule has 1 unspecified atom stereocenters. The third-order valence-electron chi connectivity index (χ3n) is 2.46. The molecule has 0 spiro atoms. The summed E-state index contributed by atoms with van der Waals surface area (Å²) in [6.07, 6.45) is 1.51. The predicted molar refractivity (Wildman–Crippen MR) is 94.9 cm³/mol. The van der Waals surface area contributed by atoms with Crippen molar-refractivity contribution < 1.29 is 19.5 Å². The number of likely N-dealkylation sites (N-methyl/N-ethyl adjacent to an activating group) is 1. The van der Waals surface area contributed by atoms with Crippen molar-refractivity contribution >= 4 is 18.2 Å². The van der Waals surface area contributed by atoms with Gasteiger partial charge in [0.05, 0.1) is 11.5 Å². The first-order valence-electron chi connectivity index (χ1n) is 7.96. The second-order valence-corrected chi connectivity index (χ2v) is 3.84. The van der Waals surface area contributed by atoms with Crippen LogP contribution in [0.15, 0.2) is 24.3 Å². The fraction of sp³-hybridized carbons (Fsp3) is 0.500. The van der Waals surface area contributed by atoms with Gasteiger partial charge in [-0.1, -0.05) is 46.8 Å². The van der Waals surface area contributed by atoms with Crippen molar-refractivity contribution in [2.24, 2.45) is 0 Å². The van der Waals surface area contributed by atoms with Gasteiger partial charge >= 0.3 is 5.97 Å². The molecule has 0 fully saturated rings. The van der Waals surface area contributed by atoms with E-state index in [1.54, 1.807) is 26.1 Å². The summed E-state index contributed by atoms with van der Waals surface area (Å²) in [4.78, 5) is 31.1. The highest BCUT2D eigenvalue weighted by Gasteiger charge is 2.13. The van der Waals surface area contributed by atoms with E-state index in [1.807, 2.05) is 34.6 Å². The first-order chi connectivity index (χ1) is 11.0. The fourth-order valence-corrected chi connectivity index (χ4v) is 1.28. The third-order valence-corrected chi connectivity index (χ3v) is 2.46. The van der Waals surface area contributed by atoms with E-state index in [0.29, 0.717) is 6.42 Å². The van der Waals surface area contributed by atoms with E-state index in [-0.39, 0.29) is 17.4 Å². The van der Waals surface area contributed by atoms with Crippen LogP contribution in [0.3, 0.4) is 0 Å². The number of amides is 1. The van der Waals surface area contributed by atoms with E-state index in [0.717, 1.165) is 11.8 Å². The van der Waals surface area contributed by atoms with Crippen LogP contribution in [0.25, 0.3) is 0 Å². The van der Waals surface area contributed by atoms with Crippen LogP contribution in [0.4, 0.5) is 0 Å². The van der Waals surface area contributed by atoms with Crippen LogP contribution < -0.4 is 5.32 Å². The van der Waals surface area contributed by atoms with Gasteiger partial charge in [0.2, 0.25) is 5.91 Å². The Bertz CT molecular complexity index is 427. The van der Waals surface area contributed by atoms with Gasteiger partial charge in [-0.05, 0) is 24.6 Å². The zero-order valence-electron chi connectivity index (χ0n) is 15.3. The van der Waals surface area contributed by atoms with Crippen molar-refractivity contribution in [2.45, 2.75) is 53.9 Å². The van der Waals surface area contributed by atoms with Crippen LogP contribution in [0.5, 0.6) is 0 Å². The molecule has 1 aromatic carbocycles. The lowest BCUT2D eigenvalue weighted by Gasteiger charge is -2.09. The van der Waals surface area contributed by atoms with Crippen LogP contribution in [-0.2, 0) is 9.59 Å². The molecular weight excluding hydrogens is 294 g/mol. The average molecular weight is 325 g/mol. The zero-order valence-corrected chi connectivity index (χ0v) is 15.3. The van der Waals surface area contributed by atoms with E-state index in [4.69, 9.17) is 5.11 Å². The maximum atomic E-state index is 11.3. The summed E-state index contributed by atoms with van der Waals surface area (Å²) < 4.78 is 0. The van der Waals surface area contributed by atoms with Crippen molar-refractivity contribution in [3.8, 4) is 0 Å². The number of carbonyl (C=O) groups excluding carboxylic acids is 2. The van der Waals surface area contributed by atoms with Gasteiger partial charge in [0.1, 0.15) is 6.29 Å². The molecule has 1 aromatic rings. The molecular formula is C18H31NO4. The van der Waals surface area contributed by atoms with Gasteiger partial charge in [-0.15, -0.1) is 0 Å². The lowest BCUT2D eigenvalue weighted by Crippen LogP contribution is -2.23. The largest absolute Gasteiger partial charge is 0.478 e. The van der Waals surface area contributed by atoms with E-state index >= 15 is 0 Å². The van der Waals surface area contributed by atoms with Gasteiger partial charge in [-0.3, -0.25) is 4.79 Å². The molecule has 0 saturated carbocycles. The van der Waals surface area contributed by atoms with E-state index < -0.39 is 5.97 Å². The lowest BCUT2D eigenvalue weighted by atomic mass is 9.99. The summed E-state index contributed by atoms with van der Waals surface area (Å²) in [6, 6.07) is 6.31. The number of hydrogen-bond donors (Lipinski definition) is 2. The Hall–Kier alpha value is -2.17. The number of hydrogen-bond acceptors (Lipinski definition) is 3. The average Bonchev–Trinajstić information content (AvgIpc) is 2.64. The first kappa shape index (κ1) is 25.8. The summed E-state index contributed by atoms with van der Waals surface area (Å²) in [7, 11) is 1.57. The Kier molecular flexibility index (Phi) is 20.0. The Labute approximate surface area is 140 Å². The molecule has 0 aliphatic carbocycles. The smallest absolute Gasteiger partial charge is 0.335 e. The Morgan fingerprint density at radius 3 is 1.78 bits per heavy atom. The highest BCUT2D eigenvalue weighted by Crippen LogP contribution is 2.15. The van der Waals surface area contributed by atoms with Crippen LogP contribution >= 0.6 is 0 Å². The third kappa shape index (κ3) is 12.1. The van der Waals surface area contributed by atoms with Crippen LogP contribution in [0.2, 0.25) is 0 Å². The van der Waals surface area contributed by atoms with Gasteiger partial charge in [0.25, 0.3) is 0 Å². The molecule has 1 rings (SSSR count). The molecule has 0 heterocycles.